The first-order valence-corrected chi connectivity index (χ1v) is 21.2. The van der Waals surface area contributed by atoms with E-state index in [0.29, 0.717) is 50.6 Å². The van der Waals surface area contributed by atoms with E-state index in [2.05, 4.69) is 73.9 Å². The quantitative estimate of drug-likeness (QED) is 0.127. The number of carbonyl (C=O) groups excluding carboxylic acids is 5. The monoisotopic (exact) mass is 840 g/mol. The van der Waals surface area contributed by atoms with Gasteiger partial charge in [0.05, 0.1) is 44.1 Å². The van der Waals surface area contributed by atoms with E-state index in [-0.39, 0.29) is 48.8 Å². The lowest BCUT2D eigenvalue weighted by molar-refractivity contribution is -0.136. The van der Waals surface area contributed by atoms with Crippen molar-refractivity contribution < 1.29 is 37.8 Å². The predicted octanol–water partition coefficient (Wildman–Crippen LogP) is 2.45. The fourth-order valence-electron chi connectivity index (χ4n) is 8.78. The molecule has 0 aromatic heterocycles. The molecule has 0 bridgehead atoms. The van der Waals surface area contributed by atoms with Crippen LogP contribution in [0.3, 0.4) is 0 Å². The number of carbonyl (C=O) groups is 5. The van der Waals surface area contributed by atoms with Crippen molar-refractivity contribution in [3.63, 3.8) is 0 Å². The Morgan fingerprint density at radius 2 is 1.61 bits per heavy atom. The molecule has 5 amide bonds. The standard InChI is InChI=1S/C45H57FN8O7/c1-30-6-4-8-36(46)34(30)27-52-28-35(39(29-52)50(2)3)31-10-12-32(13-11-31)53-19-17-51(18-20-53)21-23-61-25-24-60-22-16-47-41(56)26-48-37-9-5-7-33-42(37)45(59)54(44(33)58)38-14-15-40(55)49-43(38)57/h4-13,35,38-39,48H,14-29H2,1-3H3,(H,47,56)(H,49,55,57)/t35-,38?,39+/m1/s1. The molecular weight excluding hydrogens is 784 g/mol. The lowest BCUT2D eigenvalue weighted by Gasteiger charge is -2.36. The number of piperazine rings is 1. The van der Waals surface area contributed by atoms with Crippen LogP contribution in [0.5, 0.6) is 0 Å². The highest BCUT2D eigenvalue weighted by molar-refractivity contribution is 6.25. The molecule has 16 heteroatoms. The van der Waals surface area contributed by atoms with Gasteiger partial charge >= 0.3 is 0 Å². The van der Waals surface area contributed by atoms with Gasteiger partial charge in [0.15, 0.2) is 0 Å². The van der Waals surface area contributed by atoms with E-state index >= 15 is 0 Å². The fraction of sp³-hybridized carbons (Fsp3) is 0.489. The highest BCUT2D eigenvalue weighted by Gasteiger charge is 2.45. The van der Waals surface area contributed by atoms with Crippen LogP contribution in [-0.2, 0) is 30.4 Å². The molecule has 0 spiro atoms. The molecule has 61 heavy (non-hydrogen) atoms. The van der Waals surface area contributed by atoms with Gasteiger partial charge in [-0.05, 0) is 68.9 Å². The first kappa shape index (κ1) is 43.8. The van der Waals surface area contributed by atoms with Gasteiger partial charge in [0.25, 0.3) is 11.8 Å². The number of likely N-dealkylation sites (N-methyl/N-ethyl adjacent to an activating group) is 1. The Labute approximate surface area is 356 Å². The van der Waals surface area contributed by atoms with Crippen molar-refractivity contribution in [2.75, 3.05) is 110 Å². The van der Waals surface area contributed by atoms with Crippen LogP contribution in [0, 0.1) is 12.7 Å². The zero-order chi connectivity index (χ0) is 43.0. The number of imide groups is 2. The van der Waals surface area contributed by atoms with E-state index in [9.17, 15) is 28.4 Å². The molecule has 0 saturated carbocycles. The molecule has 4 aliphatic rings. The number of hydrogen-bond acceptors (Lipinski definition) is 12. The van der Waals surface area contributed by atoms with Gasteiger partial charge in [-0.1, -0.05) is 30.3 Å². The summed E-state index contributed by atoms with van der Waals surface area (Å²) in [7, 11) is 4.27. The normalized spacial score (nSPS) is 21.0. The number of piperidine rings is 1. The number of benzene rings is 3. The Hall–Kier alpha value is -5.26. The van der Waals surface area contributed by atoms with Crippen LogP contribution in [0.25, 0.3) is 0 Å². The van der Waals surface area contributed by atoms with E-state index < -0.39 is 29.7 Å². The van der Waals surface area contributed by atoms with Crippen molar-refractivity contribution in [1.29, 1.82) is 0 Å². The van der Waals surface area contributed by atoms with Gasteiger partial charge in [-0.15, -0.1) is 0 Å². The van der Waals surface area contributed by atoms with Crippen LogP contribution in [0.2, 0.25) is 0 Å². The van der Waals surface area contributed by atoms with Gasteiger partial charge < -0.3 is 29.9 Å². The molecule has 0 aliphatic carbocycles. The summed E-state index contributed by atoms with van der Waals surface area (Å²) in [4.78, 5) is 73.2. The maximum atomic E-state index is 14.6. The maximum Gasteiger partial charge on any atom is 0.264 e. The van der Waals surface area contributed by atoms with Gasteiger partial charge in [-0.3, -0.25) is 44.0 Å². The van der Waals surface area contributed by atoms with Crippen LogP contribution in [0.1, 0.15) is 56.2 Å². The summed E-state index contributed by atoms with van der Waals surface area (Å²) >= 11 is 0. The molecule has 4 heterocycles. The Balaban J connectivity index is 0.743. The number of nitrogens with zero attached hydrogens (tertiary/aromatic N) is 5. The molecule has 3 N–H and O–H groups in total. The Bertz CT molecular complexity index is 2060. The summed E-state index contributed by atoms with van der Waals surface area (Å²) < 4.78 is 26.1. The number of likely N-dealkylation sites (tertiary alicyclic amines) is 1. The molecule has 3 aromatic carbocycles. The number of anilines is 2. The van der Waals surface area contributed by atoms with Gasteiger partial charge in [0.1, 0.15) is 11.9 Å². The number of rotatable bonds is 18. The van der Waals surface area contributed by atoms with Crippen molar-refractivity contribution in [2.45, 2.75) is 44.3 Å². The third-order valence-corrected chi connectivity index (χ3v) is 12.2. The van der Waals surface area contributed by atoms with E-state index in [1.807, 2.05) is 13.0 Å². The molecule has 3 fully saturated rings. The lowest BCUT2D eigenvalue weighted by atomic mass is 9.93. The molecule has 1 unspecified atom stereocenters. The zero-order valence-electron chi connectivity index (χ0n) is 35.3. The highest BCUT2D eigenvalue weighted by atomic mass is 19.1. The summed E-state index contributed by atoms with van der Waals surface area (Å²) in [6.07, 6.45) is 0.0945. The van der Waals surface area contributed by atoms with Crippen LogP contribution in [-0.4, -0.2) is 161 Å². The molecule has 4 aliphatic heterocycles. The maximum absolute atomic E-state index is 14.6. The summed E-state index contributed by atoms with van der Waals surface area (Å²) in [6.45, 7) is 10.9. The van der Waals surface area contributed by atoms with Crippen molar-refractivity contribution in [2.24, 2.45) is 0 Å². The van der Waals surface area contributed by atoms with Crippen molar-refractivity contribution in [3.05, 3.63) is 94.3 Å². The lowest BCUT2D eigenvalue weighted by Crippen LogP contribution is -2.54. The highest BCUT2D eigenvalue weighted by Crippen LogP contribution is 2.34. The second-order valence-electron chi connectivity index (χ2n) is 16.4. The fourth-order valence-corrected chi connectivity index (χ4v) is 8.78. The summed E-state index contributed by atoms with van der Waals surface area (Å²) in [5, 5.41) is 7.88. The van der Waals surface area contributed by atoms with Crippen LogP contribution < -0.4 is 20.9 Å². The molecule has 326 valence electrons. The first-order valence-electron chi connectivity index (χ1n) is 21.2. The van der Waals surface area contributed by atoms with Crippen molar-refractivity contribution >= 4 is 40.9 Å². The average Bonchev–Trinajstić information content (AvgIpc) is 3.79. The van der Waals surface area contributed by atoms with Crippen LogP contribution >= 0.6 is 0 Å². The van der Waals surface area contributed by atoms with Crippen LogP contribution in [0.15, 0.2) is 60.7 Å². The smallest absolute Gasteiger partial charge is 0.264 e. The van der Waals surface area contributed by atoms with E-state index in [4.69, 9.17) is 9.47 Å². The molecule has 3 saturated heterocycles. The number of fused-ring (bicyclic) bond motifs is 1. The van der Waals surface area contributed by atoms with E-state index in [1.54, 1.807) is 24.3 Å². The minimum atomic E-state index is -1.07. The number of ether oxygens (including phenoxy) is 2. The average molecular weight is 841 g/mol. The second-order valence-corrected chi connectivity index (χ2v) is 16.4. The van der Waals surface area contributed by atoms with Gasteiger partial charge in [-0.2, -0.15) is 0 Å². The number of nitrogens with one attached hydrogen (secondary N) is 3. The largest absolute Gasteiger partial charge is 0.378 e. The van der Waals surface area contributed by atoms with Gasteiger partial charge in [-0.25, -0.2) is 4.39 Å². The van der Waals surface area contributed by atoms with Crippen LogP contribution in [0.4, 0.5) is 15.8 Å². The van der Waals surface area contributed by atoms with E-state index in [1.165, 1.54) is 17.3 Å². The van der Waals surface area contributed by atoms with E-state index in [0.717, 1.165) is 61.8 Å². The minimum Gasteiger partial charge on any atom is -0.378 e. The Morgan fingerprint density at radius 1 is 0.869 bits per heavy atom. The number of hydrogen-bond donors (Lipinski definition) is 3. The topological polar surface area (TPSA) is 156 Å². The molecular formula is C45H57FN8O7. The number of amides is 5. The van der Waals surface area contributed by atoms with Crippen molar-refractivity contribution in [1.82, 2.24) is 30.2 Å². The third-order valence-electron chi connectivity index (χ3n) is 12.2. The molecule has 3 aromatic rings. The SMILES string of the molecule is Cc1cccc(F)c1CN1C[C@H](c2ccc(N3CCN(CCOCCOCCNC(=O)CNc4cccc5c4C(=O)N(C4CCC(=O)NC4=O)C5=O)CC3)cc2)[C@@H](N(C)C)C1. The summed E-state index contributed by atoms with van der Waals surface area (Å²) in [5.41, 5.74) is 4.88. The Kier molecular flexibility index (Phi) is 14.4. The summed E-state index contributed by atoms with van der Waals surface area (Å²) in [6, 6.07) is 18.3. The zero-order valence-corrected chi connectivity index (χ0v) is 35.3. The molecule has 15 nitrogen and oxygen atoms in total. The van der Waals surface area contributed by atoms with Gasteiger partial charge in [0.2, 0.25) is 17.7 Å². The number of aryl methyl sites for hydroxylation is 1. The van der Waals surface area contributed by atoms with Gasteiger partial charge in [0, 0.05) is 94.2 Å². The molecule has 0 radical (unpaired) electrons. The van der Waals surface area contributed by atoms with Crippen molar-refractivity contribution in [3.8, 4) is 0 Å². The first-order chi connectivity index (χ1) is 29.5. The summed E-state index contributed by atoms with van der Waals surface area (Å²) in [5.74, 6) is -2.47. The Morgan fingerprint density at radius 3 is 2.33 bits per heavy atom. The number of halogens is 1. The molecule has 3 atom stereocenters. The predicted molar refractivity (Wildman–Crippen MR) is 228 cm³/mol. The second kappa shape index (κ2) is 20.1. The third kappa shape index (κ3) is 10.4. The molecule has 7 rings (SSSR count). The minimum absolute atomic E-state index is 0.0321.